The molecule has 4 nitrogen and oxygen atoms in total. The Morgan fingerprint density at radius 2 is 1.80 bits per heavy atom. The number of hydrogen-bond donors (Lipinski definition) is 1. The SMILES string of the molecule is O=C1CC2(CCCCC2)CC(=O)N1CC1=CCNCC1. The van der Waals surface area contributed by atoms with Crippen LogP contribution in [0.15, 0.2) is 11.6 Å². The van der Waals surface area contributed by atoms with Gasteiger partial charge in [-0.1, -0.05) is 30.9 Å². The molecule has 1 aliphatic carbocycles. The number of hydrogen-bond acceptors (Lipinski definition) is 3. The van der Waals surface area contributed by atoms with Gasteiger partial charge in [0.15, 0.2) is 0 Å². The van der Waals surface area contributed by atoms with Gasteiger partial charge in [-0.25, -0.2) is 0 Å². The van der Waals surface area contributed by atoms with E-state index in [9.17, 15) is 9.59 Å². The second kappa shape index (κ2) is 5.68. The summed E-state index contributed by atoms with van der Waals surface area (Å²) >= 11 is 0. The molecule has 110 valence electrons. The van der Waals surface area contributed by atoms with Crippen LogP contribution < -0.4 is 5.32 Å². The van der Waals surface area contributed by atoms with Crippen LogP contribution in [0.3, 0.4) is 0 Å². The van der Waals surface area contributed by atoms with Gasteiger partial charge in [-0.05, 0) is 31.2 Å². The number of likely N-dealkylation sites (tertiary alicyclic amines) is 1. The maximum absolute atomic E-state index is 12.4. The fraction of sp³-hybridized carbons (Fsp3) is 0.750. The van der Waals surface area contributed by atoms with Crippen LogP contribution in [0.5, 0.6) is 0 Å². The van der Waals surface area contributed by atoms with Crippen molar-refractivity contribution in [2.24, 2.45) is 5.41 Å². The molecule has 0 aromatic heterocycles. The van der Waals surface area contributed by atoms with Crippen molar-refractivity contribution in [3.05, 3.63) is 11.6 Å². The molecule has 0 bridgehead atoms. The number of nitrogens with zero attached hydrogens (tertiary/aromatic N) is 1. The van der Waals surface area contributed by atoms with Gasteiger partial charge >= 0.3 is 0 Å². The molecule has 0 unspecified atom stereocenters. The van der Waals surface area contributed by atoms with Crippen LogP contribution in [-0.2, 0) is 9.59 Å². The van der Waals surface area contributed by atoms with Crippen LogP contribution in [0.4, 0.5) is 0 Å². The lowest BCUT2D eigenvalue weighted by Crippen LogP contribution is -2.49. The van der Waals surface area contributed by atoms with E-state index >= 15 is 0 Å². The highest BCUT2D eigenvalue weighted by molar-refractivity contribution is 5.98. The first-order valence-corrected chi connectivity index (χ1v) is 7.90. The van der Waals surface area contributed by atoms with Gasteiger partial charge in [0.05, 0.1) is 0 Å². The molecule has 2 fully saturated rings. The topological polar surface area (TPSA) is 49.4 Å². The third-order valence-electron chi connectivity index (χ3n) is 5.09. The van der Waals surface area contributed by atoms with Crippen LogP contribution >= 0.6 is 0 Å². The highest BCUT2D eigenvalue weighted by Crippen LogP contribution is 2.45. The maximum atomic E-state index is 12.4. The fourth-order valence-electron chi connectivity index (χ4n) is 3.88. The van der Waals surface area contributed by atoms with Crippen LogP contribution in [0.1, 0.15) is 51.4 Å². The second-order valence-electron chi connectivity index (χ2n) is 6.60. The van der Waals surface area contributed by atoms with Crippen LogP contribution in [0, 0.1) is 5.41 Å². The second-order valence-corrected chi connectivity index (χ2v) is 6.60. The van der Waals surface area contributed by atoms with Crippen molar-refractivity contribution in [1.82, 2.24) is 10.2 Å². The van der Waals surface area contributed by atoms with Gasteiger partial charge in [0.2, 0.25) is 11.8 Å². The van der Waals surface area contributed by atoms with Gasteiger partial charge in [-0.15, -0.1) is 0 Å². The Bertz CT molecular complexity index is 416. The minimum atomic E-state index is 0.00538. The molecule has 0 radical (unpaired) electrons. The fourth-order valence-corrected chi connectivity index (χ4v) is 3.88. The molecule has 1 saturated carbocycles. The molecule has 2 heterocycles. The molecular weight excluding hydrogens is 252 g/mol. The van der Waals surface area contributed by atoms with Crippen molar-refractivity contribution in [2.75, 3.05) is 19.6 Å². The largest absolute Gasteiger partial charge is 0.313 e. The third kappa shape index (κ3) is 2.80. The van der Waals surface area contributed by atoms with Crippen molar-refractivity contribution in [2.45, 2.75) is 51.4 Å². The zero-order valence-corrected chi connectivity index (χ0v) is 12.1. The first kappa shape index (κ1) is 13.8. The predicted molar refractivity (Wildman–Crippen MR) is 77.0 cm³/mol. The van der Waals surface area contributed by atoms with Gasteiger partial charge in [0, 0.05) is 25.9 Å². The summed E-state index contributed by atoms with van der Waals surface area (Å²) in [5.74, 6) is 0.116. The summed E-state index contributed by atoms with van der Waals surface area (Å²) in [5, 5.41) is 3.26. The Balaban J connectivity index is 1.67. The summed E-state index contributed by atoms with van der Waals surface area (Å²) in [6.45, 7) is 2.33. The minimum Gasteiger partial charge on any atom is -0.313 e. The van der Waals surface area contributed by atoms with Crippen LogP contribution in [0.2, 0.25) is 0 Å². The predicted octanol–water partition coefficient (Wildman–Crippen LogP) is 2.01. The highest BCUT2D eigenvalue weighted by atomic mass is 16.2. The van der Waals surface area contributed by atoms with Crippen molar-refractivity contribution in [3.63, 3.8) is 0 Å². The molecule has 20 heavy (non-hydrogen) atoms. The number of carbonyl (C=O) groups excluding carboxylic acids is 2. The molecule has 4 heteroatoms. The van der Waals surface area contributed by atoms with E-state index in [2.05, 4.69) is 11.4 Å². The van der Waals surface area contributed by atoms with E-state index in [1.165, 1.54) is 29.7 Å². The van der Waals surface area contributed by atoms with Crippen LogP contribution in [-0.4, -0.2) is 36.3 Å². The Morgan fingerprint density at radius 3 is 2.40 bits per heavy atom. The summed E-state index contributed by atoms with van der Waals surface area (Å²) in [5.41, 5.74) is 1.23. The van der Waals surface area contributed by atoms with Crippen LogP contribution in [0.25, 0.3) is 0 Å². The van der Waals surface area contributed by atoms with E-state index in [-0.39, 0.29) is 17.2 Å². The molecule has 3 aliphatic rings. The summed E-state index contributed by atoms with van der Waals surface area (Å²) < 4.78 is 0. The number of imide groups is 1. The molecule has 0 aromatic rings. The van der Waals surface area contributed by atoms with Gasteiger partial charge in [0.25, 0.3) is 0 Å². The average Bonchev–Trinajstić information content (AvgIpc) is 2.45. The monoisotopic (exact) mass is 276 g/mol. The summed E-state index contributed by atoms with van der Waals surface area (Å²) in [6.07, 6.45) is 9.98. The summed E-state index contributed by atoms with van der Waals surface area (Å²) in [6, 6.07) is 0. The van der Waals surface area contributed by atoms with E-state index in [4.69, 9.17) is 0 Å². The molecule has 0 aromatic carbocycles. The molecule has 2 aliphatic heterocycles. The van der Waals surface area contributed by atoms with E-state index in [0.29, 0.717) is 19.4 Å². The van der Waals surface area contributed by atoms with E-state index in [0.717, 1.165) is 32.4 Å². The maximum Gasteiger partial charge on any atom is 0.230 e. The van der Waals surface area contributed by atoms with E-state index in [1.807, 2.05) is 0 Å². The molecule has 1 N–H and O–H groups in total. The van der Waals surface area contributed by atoms with Gasteiger partial charge in [-0.3, -0.25) is 14.5 Å². The first-order chi connectivity index (χ1) is 9.69. The number of piperidine rings is 1. The number of amides is 2. The Morgan fingerprint density at radius 1 is 1.10 bits per heavy atom. The summed E-state index contributed by atoms with van der Waals surface area (Å²) in [7, 11) is 0. The zero-order valence-electron chi connectivity index (χ0n) is 12.1. The average molecular weight is 276 g/mol. The standard InChI is InChI=1S/C16H24N2O2/c19-14-10-16(6-2-1-3-7-16)11-15(20)18(14)12-13-4-8-17-9-5-13/h4,17H,1-3,5-12H2. The van der Waals surface area contributed by atoms with Gasteiger partial charge in [-0.2, -0.15) is 0 Å². The molecule has 0 atom stereocenters. The zero-order chi connectivity index (χ0) is 14.0. The van der Waals surface area contributed by atoms with Crippen molar-refractivity contribution in [1.29, 1.82) is 0 Å². The lowest BCUT2D eigenvalue weighted by atomic mass is 9.67. The summed E-state index contributed by atoms with van der Waals surface area (Å²) in [4.78, 5) is 26.3. The number of nitrogens with one attached hydrogen (secondary N) is 1. The molecular formula is C16H24N2O2. The molecule has 3 rings (SSSR count). The molecule has 1 saturated heterocycles. The van der Waals surface area contributed by atoms with Crippen molar-refractivity contribution < 1.29 is 9.59 Å². The normalized spacial score (nSPS) is 26.8. The van der Waals surface area contributed by atoms with Gasteiger partial charge < -0.3 is 5.32 Å². The number of rotatable bonds is 2. The highest BCUT2D eigenvalue weighted by Gasteiger charge is 2.43. The van der Waals surface area contributed by atoms with Gasteiger partial charge in [0.1, 0.15) is 0 Å². The Kier molecular flexibility index (Phi) is 3.92. The molecule has 1 spiro atoms. The Hall–Kier alpha value is -1.16. The van der Waals surface area contributed by atoms with Crippen molar-refractivity contribution >= 4 is 11.8 Å². The van der Waals surface area contributed by atoms with E-state index < -0.39 is 0 Å². The van der Waals surface area contributed by atoms with E-state index in [1.54, 1.807) is 0 Å². The Labute approximate surface area is 120 Å². The number of carbonyl (C=O) groups is 2. The lowest BCUT2D eigenvalue weighted by Gasteiger charge is -2.42. The molecule has 2 amide bonds. The van der Waals surface area contributed by atoms with Crippen molar-refractivity contribution in [3.8, 4) is 0 Å². The first-order valence-electron chi connectivity index (χ1n) is 7.90. The lowest BCUT2D eigenvalue weighted by molar-refractivity contribution is -0.154. The minimum absolute atomic E-state index is 0.00538. The quantitative estimate of drug-likeness (QED) is 0.620. The third-order valence-corrected chi connectivity index (χ3v) is 5.09. The smallest absolute Gasteiger partial charge is 0.230 e.